The lowest BCUT2D eigenvalue weighted by Crippen LogP contribution is -2.37. The average molecular weight is 294 g/mol. The van der Waals surface area contributed by atoms with Crippen LogP contribution >= 0.6 is 0 Å². The van der Waals surface area contributed by atoms with Crippen molar-refractivity contribution >= 4 is 17.7 Å². The molecule has 2 amide bonds. The SMILES string of the molecule is CCCCN(CCO)C(=O)Nc1ccc(C)c(C(=O)O)c1. The zero-order valence-corrected chi connectivity index (χ0v) is 12.4. The molecule has 1 aromatic rings. The third-order valence-electron chi connectivity index (χ3n) is 3.16. The van der Waals surface area contributed by atoms with E-state index in [1.807, 2.05) is 6.92 Å². The Morgan fingerprint density at radius 2 is 2.00 bits per heavy atom. The van der Waals surface area contributed by atoms with Gasteiger partial charge in [0.2, 0.25) is 0 Å². The molecule has 6 heteroatoms. The second-order valence-corrected chi connectivity index (χ2v) is 4.83. The number of unbranched alkanes of at least 4 members (excludes halogenated alkanes) is 1. The molecule has 0 unspecified atom stereocenters. The molecule has 0 spiro atoms. The lowest BCUT2D eigenvalue weighted by molar-refractivity contribution is 0.0696. The minimum absolute atomic E-state index is 0.106. The number of aliphatic hydroxyl groups is 1. The molecule has 0 aliphatic heterocycles. The van der Waals surface area contributed by atoms with Crippen LogP contribution in [0.25, 0.3) is 0 Å². The summed E-state index contributed by atoms with van der Waals surface area (Å²) >= 11 is 0. The van der Waals surface area contributed by atoms with Gasteiger partial charge in [0.05, 0.1) is 12.2 Å². The highest BCUT2D eigenvalue weighted by atomic mass is 16.4. The van der Waals surface area contributed by atoms with Gasteiger partial charge < -0.3 is 20.4 Å². The molecule has 1 rings (SSSR count). The number of urea groups is 1. The van der Waals surface area contributed by atoms with Crippen LogP contribution in [0.3, 0.4) is 0 Å². The number of hydrogen-bond donors (Lipinski definition) is 3. The third kappa shape index (κ3) is 5.07. The van der Waals surface area contributed by atoms with Crippen LogP contribution in [0, 0.1) is 6.92 Å². The second-order valence-electron chi connectivity index (χ2n) is 4.83. The summed E-state index contributed by atoms with van der Waals surface area (Å²) in [4.78, 5) is 24.7. The summed E-state index contributed by atoms with van der Waals surface area (Å²) in [6.45, 7) is 4.43. The van der Waals surface area contributed by atoms with Crippen LogP contribution < -0.4 is 5.32 Å². The highest BCUT2D eigenvalue weighted by molar-refractivity contribution is 5.94. The number of nitrogens with zero attached hydrogens (tertiary/aromatic N) is 1. The number of benzene rings is 1. The zero-order chi connectivity index (χ0) is 15.8. The van der Waals surface area contributed by atoms with Crippen LogP contribution in [0.5, 0.6) is 0 Å². The van der Waals surface area contributed by atoms with E-state index in [1.54, 1.807) is 19.1 Å². The first-order chi connectivity index (χ1) is 9.99. The number of carboxylic acid groups (broad SMARTS) is 1. The molecular weight excluding hydrogens is 272 g/mol. The van der Waals surface area contributed by atoms with Crippen molar-refractivity contribution in [2.24, 2.45) is 0 Å². The second kappa shape index (κ2) is 8.26. The van der Waals surface area contributed by atoms with Gasteiger partial charge in [-0.15, -0.1) is 0 Å². The van der Waals surface area contributed by atoms with E-state index in [4.69, 9.17) is 10.2 Å². The van der Waals surface area contributed by atoms with Gasteiger partial charge in [-0.25, -0.2) is 9.59 Å². The lowest BCUT2D eigenvalue weighted by Gasteiger charge is -2.22. The van der Waals surface area contributed by atoms with Crippen molar-refractivity contribution in [1.29, 1.82) is 0 Å². The Kier molecular flexibility index (Phi) is 6.68. The number of aryl methyl sites for hydroxylation is 1. The minimum atomic E-state index is -1.03. The smallest absolute Gasteiger partial charge is 0.336 e. The summed E-state index contributed by atoms with van der Waals surface area (Å²) in [5.74, 6) is -1.03. The lowest BCUT2D eigenvalue weighted by atomic mass is 10.1. The number of carbonyl (C=O) groups excluding carboxylic acids is 1. The predicted molar refractivity (Wildman–Crippen MR) is 80.7 cm³/mol. The molecule has 6 nitrogen and oxygen atoms in total. The molecule has 0 heterocycles. The van der Waals surface area contributed by atoms with Gasteiger partial charge in [-0.05, 0) is 31.0 Å². The van der Waals surface area contributed by atoms with Crippen molar-refractivity contribution < 1.29 is 19.8 Å². The maximum absolute atomic E-state index is 12.1. The highest BCUT2D eigenvalue weighted by Gasteiger charge is 2.14. The van der Waals surface area contributed by atoms with E-state index in [0.29, 0.717) is 17.8 Å². The number of aliphatic hydroxyl groups excluding tert-OH is 1. The van der Waals surface area contributed by atoms with Gasteiger partial charge in [0.1, 0.15) is 0 Å². The standard InChI is InChI=1S/C15H22N2O4/c1-3-4-7-17(8-9-18)15(21)16-12-6-5-11(2)13(10-12)14(19)20/h5-6,10,18H,3-4,7-9H2,1-2H3,(H,16,21)(H,19,20). The number of hydrogen-bond acceptors (Lipinski definition) is 3. The van der Waals surface area contributed by atoms with E-state index >= 15 is 0 Å². The van der Waals surface area contributed by atoms with Gasteiger partial charge in [0.15, 0.2) is 0 Å². The summed E-state index contributed by atoms with van der Waals surface area (Å²) < 4.78 is 0. The first-order valence-electron chi connectivity index (χ1n) is 7.00. The van der Waals surface area contributed by atoms with E-state index in [0.717, 1.165) is 12.8 Å². The Labute approximate surface area is 124 Å². The number of aromatic carboxylic acids is 1. The molecule has 0 atom stereocenters. The van der Waals surface area contributed by atoms with Crippen LogP contribution in [0.2, 0.25) is 0 Å². The van der Waals surface area contributed by atoms with Crippen molar-refractivity contribution in [3.8, 4) is 0 Å². The Balaban J connectivity index is 2.80. The van der Waals surface area contributed by atoms with Gasteiger partial charge in [0.25, 0.3) is 0 Å². The predicted octanol–water partition coefficient (Wildman–Crippen LogP) is 2.32. The molecule has 0 aliphatic carbocycles. The Morgan fingerprint density at radius 3 is 2.57 bits per heavy atom. The van der Waals surface area contributed by atoms with E-state index < -0.39 is 5.97 Å². The van der Waals surface area contributed by atoms with Gasteiger partial charge in [-0.3, -0.25) is 0 Å². The van der Waals surface area contributed by atoms with Crippen LogP contribution in [-0.2, 0) is 0 Å². The van der Waals surface area contributed by atoms with Crippen LogP contribution in [0.4, 0.5) is 10.5 Å². The Hall–Kier alpha value is -2.08. The molecule has 1 aromatic carbocycles. The van der Waals surface area contributed by atoms with Gasteiger partial charge >= 0.3 is 12.0 Å². The van der Waals surface area contributed by atoms with Gasteiger partial charge in [-0.2, -0.15) is 0 Å². The molecule has 0 bridgehead atoms. The van der Waals surface area contributed by atoms with E-state index in [2.05, 4.69) is 5.32 Å². The first-order valence-corrected chi connectivity index (χ1v) is 7.00. The molecule has 0 aromatic heterocycles. The molecular formula is C15H22N2O4. The Bertz CT molecular complexity index is 502. The summed E-state index contributed by atoms with van der Waals surface area (Å²) in [7, 11) is 0. The van der Waals surface area contributed by atoms with E-state index in [1.165, 1.54) is 11.0 Å². The summed E-state index contributed by atoms with van der Waals surface area (Å²) in [6, 6.07) is 4.42. The third-order valence-corrected chi connectivity index (χ3v) is 3.16. The molecule has 0 aliphatic rings. The van der Waals surface area contributed by atoms with Crippen molar-refractivity contribution in [2.45, 2.75) is 26.7 Å². The number of carbonyl (C=O) groups is 2. The van der Waals surface area contributed by atoms with Crippen LogP contribution in [0.15, 0.2) is 18.2 Å². The maximum Gasteiger partial charge on any atom is 0.336 e. The largest absolute Gasteiger partial charge is 0.478 e. The van der Waals surface area contributed by atoms with Crippen molar-refractivity contribution in [3.63, 3.8) is 0 Å². The van der Waals surface area contributed by atoms with Crippen molar-refractivity contribution in [2.75, 3.05) is 25.0 Å². The maximum atomic E-state index is 12.1. The molecule has 0 radical (unpaired) electrons. The summed E-state index contributed by atoms with van der Waals surface area (Å²) in [6.07, 6.45) is 1.80. The van der Waals surface area contributed by atoms with Gasteiger partial charge in [0, 0.05) is 18.8 Å². The van der Waals surface area contributed by atoms with Crippen molar-refractivity contribution in [1.82, 2.24) is 4.90 Å². The molecule has 0 fully saturated rings. The first kappa shape index (κ1) is 17.0. The fraction of sp³-hybridized carbons (Fsp3) is 0.467. The Morgan fingerprint density at radius 1 is 1.29 bits per heavy atom. The summed E-state index contributed by atoms with van der Waals surface area (Å²) in [5, 5.41) is 20.8. The minimum Gasteiger partial charge on any atom is -0.478 e. The number of nitrogens with one attached hydrogen (secondary N) is 1. The zero-order valence-electron chi connectivity index (χ0n) is 12.4. The molecule has 0 saturated carbocycles. The summed E-state index contributed by atoms with van der Waals surface area (Å²) in [5.41, 5.74) is 1.23. The monoisotopic (exact) mass is 294 g/mol. The van der Waals surface area contributed by atoms with Crippen molar-refractivity contribution in [3.05, 3.63) is 29.3 Å². The van der Waals surface area contributed by atoms with Gasteiger partial charge in [-0.1, -0.05) is 19.4 Å². The number of anilines is 1. The fourth-order valence-electron chi connectivity index (χ4n) is 1.92. The highest BCUT2D eigenvalue weighted by Crippen LogP contribution is 2.16. The quantitative estimate of drug-likeness (QED) is 0.720. The van der Waals surface area contributed by atoms with Crippen LogP contribution in [-0.4, -0.2) is 46.8 Å². The fourth-order valence-corrected chi connectivity index (χ4v) is 1.92. The molecule has 21 heavy (non-hydrogen) atoms. The molecule has 0 saturated heterocycles. The number of amides is 2. The van der Waals surface area contributed by atoms with E-state index in [-0.39, 0.29) is 24.7 Å². The molecule has 116 valence electrons. The normalized spacial score (nSPS) is 10.2. The molecule has 3 N–H and O–H groups in total. The number of rotatable bonds is 7. The topological polar surface area (TPSA) is 89.9 Å². The van der Waals surface area contributed by atoms with Crippen LogP contribution in [0.1, 0.15) is 35.7 Å². The average Bonchev–Trinajstić information content (AvgIpc) is 2.45. The number of carboxylic acids is 1. The van der Waals surface area contributed by atoms with E-state index in [9.17, 15) is 9.59 Å².